The Morgan fingerprint density at radius 1 is 1.23 bits per heavy atom. The average Bonchev–Trinajstić information content (AvgIpc) is 2.96. The number of aryl methyl sites for hydroxylation is 1. The molecular formula is C17H20N2O2S. The Kier molecular flexibility index (Phi) is 4.87. The zero-order valence-corrected chi connectivity index (χ0v) is 13.5. The normalized spacial score (nSPS) is 15.7. The minimum atomic E-state index is -0.0420. The van der Waals surface area contributed by atoms with E-state index in [9.17, 15) is 4.79 Å². The fourth-order valence-electron chi connectivity index (χ4n) is 2.50. The quantitative estimate of drug-likeness (QED) is 0.942. The molecule has 116 valence electrons. The van der Waals surface area contributed by atoms with Gasteiger partial charge in [-0.15, -0.1) is 0 Å². The highest BCUT2D eigenvalue weighted by molar-refractivity contribution is 7.08. The molecule has 1 aromatic heterocycles. The van der Waals surface area contributed by atoms with Gasteiger partial charge < -0.3 is 10.1 Å². The molecule has 1 N–H and O–H groups in total. The smallest absolute Gasteiger partial charge is 0.256 e. The van der Waals surface area contributed by atoms with Crippen LogP contribution in [-0.4, -0.2) is 37.1 Å². The standard InChI is InChI=1S/C17H20N2O2S/c1-13-11-22-12-16(13)17(20)18-15-4-2-14(3-5-15)10-19-6-8-21-9-7-19/h2-5,11-12H,6-10H2,1H3,(H,18,20). The van der Waals surface area contributed by atoms with Gasteiger partial charge in [0.05, 0.1) is 18.8 Å². The number of hydrogen-bond donors (Lipinski definition) is 1. The zero-order chi connectivity index (χ0) is 15.4. The summed E-state index contributed by atoms with van der Waals surface area (Å²) in [5.41, 5.74) is 3.86. The van der Waals surface area contributed by atoms with Crippen molar-refractivity contribution in [2.24, 2.45) is 0 Å². The van der Waals surface area contributed by atoms with E-state index < -0.39 is 0 Å². The van der Waals surface area contributed by atoms with Crippen molar-refractivity contribution in [3.05, 3.63) is 51.7 Å². The van der Waals surface area contributed by atoms with E-state index in [-0.39, 0.29) is 5.91 Å². The third kappa shape index (κ3) is 3.74. The van der Waals surface area contributed by atoms with Gasteiger partial charge >= 0.3 is 0 Å². The summed E-state index contributed by atoms with van der Waals surface area (Å²) < 4.78 is 5.36. The first-order valence-electron chi connectivity index (χ1n) is 7.45. The van der Waals surface area contributed by atoms with Crippen LogP contribution in [0.5, 0.6) is 0 Å². The molecule has 1 fully saturated rings. The Hall–Kier alpha value is -1.69. The summed E-state index contributed by atoms with van der Waals surface area (Å²) >= 11 is 1.55. The van der Waals surface area contributed by atoms with Crippen molar-refractivity contribution in [3.8, 4) is 0 Å². The van der Waals surface area contributed by atoms with E-state index in [1.165, 1.54) is 5.56 Å². The van der Waals surface area contributed by atoms with Crippen LogP contribution in [0.15, 0.2) is 35.0 Å². The number of thiophene rings is 1. The topological polar surface area (TPSA) is 41.6 Å². The molecule has 2 aromatic rings. The second-order valence-electron chi connectivity index (χ2n) is 5.51. The Morgan fingerprint density at radius 3 is 2.59 bits per heavy atom. The van der Waals surface area contributed by atoms with Crippen LogP contribution in [0.1, 0.15) is 21.5 Å². The molecule has 22 heavy (non-hydrogen) atoms. The molecule has 0 unspecified atom stereocenters. The third-order valence-corrected chi connectivity index (χ3v) is 4.68. The molecule has 4 nitrogen and oxygen atoms in total. The molecule has 0 bridgehead atoms. The summed E-state index contributed by atoms with van der Waals surface area (Å²) in [6.45, 7) is 6.48. The summed E-state index contributed by atoms with van der Waals surface area (Å²) in [6.07, 6.45) is 0. The second kappa shape index (κ2) is 7.05. The van der Waals surface area contributed by atoms with Gasteiger partial charge in [0.2, 0.25) is 0 Å². The number of hydrogen-bond acceptors (Lipinski definition) is 4. The van der Waals surface area contributed by atoms with Gasteiger partial charge in [-0.3, -0.25) is 9.69 Å². The van der Waals surface area contributed by atoms with Crippen LogP contribution < -0.4 is 5.32 Å². The number of carbonyl (C=O) groups is 1. The maximum Gasteiger partial charge on any atom is 0.256 e. The number of carbonyl (C=O) groups excluding carboxylic acids is 1. The van der Waals surface area contributed by atoms with Crippen LogP contribution >= 0.6 is 11.3 Å². The van der Waals surface area contributed by atoms with Crippen molar-refractivity contribution < 1.29 is 9.53 Å². The molecule has 0 saturated carbocycles. The Morgan fingerprint density at radius 2 is 1.95 bits per heavy atom. The minimum Gasteiger partial charge on any atom is -0.379 e. The predicted octanol–water partition coefficient (Wildman–Crippen LogP) is 3.14. The number of rotatable bonds is 4. The lowest BCUT2D eigenvalue weighted by atomic mass is 10.1. The van der Waals surface area contributed by atoms with E-state index >= 15 is 0 Å². The molecule has 2 heterocycles. The van der Waals surface area contributed by atoms with Crippen molar-refractivity contribution in [2.75, 3.05) is 31.6 Å². The van der Waals surface area contributed by atoms with Gasteiger partial charge in [-0.2, -0.15) is 11.3 Å². The minimum absolute atomic E-state index is 0.0420. The summed E-state index contributed by atoms with van der Waals surface area (Å²) in [4.78, 5) is 14.6. The van der Waals surface area contributed by atoms with E-state index in [0.29, 0.717) is 0 Å². The molecule has 0 spiro atoms. The van der Waals surface area contributed by atoms with Crippen molar-refractivity contribution in [2.45, 2.75) is 13.5 Å². The highest BCUT2D eigenvalue weighted by atomic mass is 32.1. The van der Waals surface area contributed by atoms with Crippen LogP contribution in [0.2, 0.25) is 0 Å². The average molecular weight is 316 g/mol. The maximum absolute atomic E-state index is 12.2. The van der Waals surface area contributed by atoms with Gasteiger partial charge in [0.1, 0.15) is 0 Å². The number of anilines is 1. The van der Waals surface area contributed by atoms with Crippen LogP contribution in [0.3, 0.4) is 0 Å². The van der Waals surface area contributed by atoms with E-state index in [0.717, 1.165) is 49.7 Å². The summed E-state index contributed by atoms with van der Waals surface area (Å²) in [6, 6.07) is 8.09. The molecular weight excluding hydrogens is 296 g/mol. The van der Waals surface area contributed by atoms with Gasteiger partial charge in [-0.25, -0.2) is 0 Å². The van der Waals surface area contributed by atoms with E-state index in [1.54, 1.807) is 11.3 Å². The molecule has 3 rings (SSSR count). The number of amides is 1. The number of morpholine rings is 1. The predicted molar refractivity (Wildman–Crippen MR) is 89.5 cm³/mol. The van der Waals surface area contributed by atoms with Gasteiger partial charge in [-0.1, -0.05) is 12.1 Å². The SMILES string of the molecule is Cc1cscc1C(=O)Nc1ccc(CN2CCOCC2)cc1. The van der Waals surface area contributed by atoms with Gasteiger partial charge in [0, 0.05) is 30.7 Å². The van der Waals surface area contributed by atoms with Crippen LogP contribution in [0.4, 0.5) is 5.69 Å². The number of ether oxygens (including phenoxy) is 1. The number of nitrogens with zero attached hydrogens (tertiary/aromatic N) is 1. The van der Waals surface area contributed by atoms with Crippen molar-refractivity contribution in [3.63, 3.8) is 0 Å². The van der Waals surface area contributed by atoms with Crippen molar-refractivity contribution >= 4 is 22.9 Å². The molecule has 5 heteroatoms. The second-order valence-corrected chi connectivity index (χ2v) is 6.25. The van der Waals surface area contributed by atoms with Crippen LogP contribution in [0, 0.1) is 6.92 Å². The molecule has 1 saturated heterocycles. The molecule has 0 aliphatic carbocycles. The van der Waals surface area contributed by atoms with E-state index in [2.05, 4.69) is 22.3 Å². The molecule has 1 amide bonds. The molecule has 1 aromatic carbocycles. The number of nitrogens with one attached hydrogen (secondary N) is 1. The fraction of sp³-hybridized carbons (Fsp3) is 0.353. The van der Waals surface area contributed by atoms with E-state index in [1.807, 2.05) is 29.8 Å². The van der Waals surface area contributed by atoms with Crippen molar-refractivity contribution in [1.29, 1.82) is 0 Å². The van der Waals surface area contributed by atoms with E-state index in [4.69, 9.17) is 4.74 Å². The first-order chi connectivity index (χ1) is 10.7. The maximum atomic E-state index is 12.2. The largest absolute Gasteiger partial charge is 0.379 e. The molecule has 1 aliphatic heterocycles. The summed E-state index contributed by atoms with van der Waals surface area (Å²) in [5, 5.41) is 6.82. The highest BCUT2D eigenvalue weighted by Gasteiger charge is 2.12. The zero-order valence-electron chi connectivity index (χ0n) is 12.7. The first kappa shape index (κ1) is 15.2. The Labute approximate surface area is 134 Å². The molecule has 0 atom stereocenters. The van der Waals surface area contributed by atoms with Gasteiger partial charge in [-0.05, 0) is 35.6 Å². The third-order valence-electron chi connectivity index (χ3n) is 3.82. The highest BCUT2D eigenvalue weighted by Crippen LogP contribution is 2.17. The van der Waals surface area contributed by atoms with Gasteiger partial charge in [0.15, 0.2) is 0 Å². The first-order valence-corrected chi connectivity index (χ1v) is 8.40. The lowest BCUT2D eigenvalue weighted by Crippen LogP contribution is -2.35. The lowest BCUT2D eigenvalue weighted by Gasteiger charge is -2.26. The summed E-state index contributed by atoms with van der Waals surface area (Å²) in [7, 11) is 0. The fourth-order valence-corrected chi connectivity index (χ4v) is 3.33. The van der Waals surface area contributed by atoms with Crippen LogP contribution in [0.25, 0.3) is 0 Å². The Bertz CT molecular complexity index is 630. The molecule has 0 radical (unpaired) electrons. The molecule has 1 aliphatic rings. The van der Waals surface area contributed by atoms with Crippen LogP contribution in [-0.2, 0) is 11.3 Å². The monoisotopic (exact) mass is 316 g/mol. The van der Waals surface area contributed by atoms with Gasteiger partial charge in [0.25, 0.3) is 5.91 Å². The summed E-state index contributed by atoms with van der Waals surface area (Å²) in [5.74, 6) is -0.0420. The number of benzene rings is 1. The van der Waals surface area contributed by atoms with Crippen molar-refractivity contribution in [1.82, 2.24) is 4.90 Å². The Balaban J connectivity index is 1.59. The lowest BCUT2D eigenvalue weighted by molar-refractivity contribution is 0.0342.